The maximum absolute atomic E-state index is 11.7. The molecule has 6 nitrogen and oxygen atoms in total. The molecule has 0 unspecified atom stereocenters. The summed E-state index contributed by atoms with van der Waals surface area (Å²) in [5.41, 5.74) is -0.866. The number of aliphatic hydroxyl groups is 1. The molecule has 0 aliphatic carbocycles. The maximum Gasteiger partial charge on any atom is 0.303 e. The number of hydrogen-bond donors (Lipinski definition) is 2. The predicted octanol–water partition coefficient (Wildman–Crippen LogP) is 0.241. The molecule has 18 heavy (non-hydrogen) atoms. The average molecular weight is 259 g/mol. The molecule has 1 rings (SSSR count). The van der Waals surface area contributed by atoms with Crippen molar-refractivity contribution in [3.63, 3.8) is 0 Å². The van der Waals surface area contributed by atoms with E-state index in [1.54, 1.807) is 7.05 Å². The van der Waals surface area contributed by atoms with Gasteiger partial charge in [0.25, 0.3) is 0 Å². The van der Waals surface area contributed by atoms with Crippen LogP contribution in [0, 0.1) is 0 Å². The molecule has 1 aliphatic heterocycles. The quantitative estimate of drug-likeness (QED) is 0.713. The number of likely N-dealkylation sites (N-methyl/N-ethyl adjacent to an activating group) is 1. The first-order chi connectivity index (χ1) is 8.43. The van der Waals surface area contributed by atoms with Gasteiger partial charge in [0.2, 0.25) is 5.91 Å². The molecule has 0 aromatic carbocycles. The standard InChI is InChI=1S/C12H21NO5/c1-13(10(14)3-2-4-11(15)16)9-12(17)5-7-18-8-6-12/h17H,2-9H2,1H3,(H,15,16). The first-order valence-corrected chi connectivity index (χ1v) is 6.19. The third-order valence-corrected chi connectivity index (χ3v) is 3.16. The number of aliphatic carboxylic acids is 1. The van der Waals surface area contributed by atoms with E-state index in [0.29, 0.717) is 32.5 Å². The van der Waals surface area contributed by atoms with Gasteiger partial charge < -0.3 is 19.8 Å². The van der Waals surface area contributed by atoms with Gasteiger partial charge in [0.15, 0.2) is 0 Å². The molecule has 6 heteroatoms. The Kier molecular flexibility index (Phi) is 5.55. The lowest BCUT2D eigenvalue weighted by atomic mass is 9.94. The molecule has 2 N–H and O–H groups in total. The van der Waals surface area contributed by atoms with Crippen molar-refractivity contribution in [1.82, 2.24) is 4.90 Å². The summed E-state index contributed by atoms with van der Waals surface area (Å²) in [6.45, 7) is 1.30. The third kappa shape index (κ3) is 5.01. The zero-order chi connectivity index (χ0) is 13.6. The molecule has 1 amide bonds. The van der Waals surface area contributed by atoms with E-state index >= 15 is 0 Å². The fourth-order valence-corrected chi connectivity index (χ4v) is 2.02. The Morgan fingerprint density at radius 2 is 1.89 bits per heavy atom. The van der Waals surface area contributed by atoms with Gasteiger partial charge in [-0.25, -0.2) is 0 Å². The first kappa shape index (κ1) is 14.9. The molecular formula is C12H21NO5. The zero-order valence-electron chi connectivity index (χ0n) is 10.7. The van der Waals surface area contributed by atoms with Crippen LogP contribution in [0.2, 0.25) is 0 Å². The minimum absolute atomic E-state index is 0.00229. The van der Waals surface area contributed by atoms with Crippen molar-refractivity contribution >= 4 is 11.9 Å². The fraction of sp³-hybridized carbons (Fsp3) is 0.833. The van der Waals surface area contributed by atoms with E-state index in [-0.39, 0.29) is 25.3 Å². The van der Waals surface area contributed by atoms with E-state index in [2.05, 4.69) is 0 Å². The molecule has 1 saturated heterocycles. The number of rotatable bonds is 6. The molecule has 0 spiro atoms. The summed E-state index contributed by atoms with van der Waals surface area (Å²) in [5.74, 6) is -1.02. The van der Waals surface area contributed by atoms with Gasteiger partial charge in [0, 0.05) is 52.5 Å². The van der Waals surface area contributed by atoms with Crippen LogP contribution >= 0.6 is 0 Å². The maximum atomic E-state index is 11.7. The Bertz CT molecular complexity index is 299. The van der Waals surface area contributed by atoms with E-state index in [1.807, 2.05) is 0 Å². The first-order valence-electron chi connectivity index (χ1n) is 6.19. The molecule has 104 valence electrons. The van der Waals surface area contributed by atoms with Crippen LogP contribution in [0.5, 0.6) is 0 Å². The molecule has 0 aromatic rings. The number of carbonyl (C=O) groups is 2. The molecule has 0 bridgehead atoms. The van der Waals surface area contributed by atoms with Crippen LogP contribution in [0.1, 0.15) is 32.1 Å². The summed E-state index contributed by atoms with van der Waals surface area (Å²) in [5, 5.41) is 18.7. The Morgan fingerprint density at radius 3 is 2.44 bits per heavy atom. The molecule has 0 saturated carbocycles. The number of carboxylic acid groups (broad SMARTS) is 1. The second kappa shape index (κ2) is 6.70. The number of ether oxygens (including phenoxy) is 1. The van der Waals surface area contributed by atoms with E-state index < -0.39 is 11.6 Å². The van der Waals surface area contributed by atoms with Crippen LogP contribution in [-0.2, 0) is 14.3 Å². The SMILES string of the molecule is CN(CC1(O)CCOCC1)C(=O)CCCC(=O)O. The van der Waals surface area contributed by atoms with Gasteiger partial charge in [-0.05, 0) is 6.42 Å². The van der Waals surface area contributed by atoms with Gasteiger partial charge >= 0.3 is 5.97 Å². The number of carboxylic acids is 1. The lowest BCUT2D eigenvalue weighted by Crippen LogP contribution is -2.47. The average Bonchev–Trinajstić information content (AvgIpc) is 2.28. The summed E-state index contributed by atoms with van der Waals surface area (Å²) in [7, 11) is 1.64. The minimum Gasteiger partial charge on any atom is -0.481 e. The van der Waals surface area contributed by atoms with Crippen molar-refractivity contribution in [3.05, 3.63) is 0 Å². The van der Waals surface area contributed by atoms with E-state index in [9.17, 15) is 14.7 Å². The number of hydrogen-bond acceptors (Lipinski definition) is 4. The molecule has 1 heterocycles. The molecule has 0 radical (unpaired) electrons. The molecule has 1 aliphatic rings. The summed E-state index contributed by atoms with van der Waals surface area (Å²) in [6, 6.07) is 0. The van der Waals surface area contributed by atoms with Crippen molar-refractivity contribution in [2.75, 3.05) is 26.8 Å². The fourth-order valence-electron chi connectivity index (χ4n) is 2.02. The summed E-state index contributed by atoms with van der Waals surface area (Å²) < 4.78 is 5.17. The summed E-state index contributed by atoms with van der Waals surface area (Å²) >= 11 is 0. The number of amides is 1. The topological polar surface area (TPSA) is 87.1 Å². The molecular weight excluding hydrogens is 238 g/mol. The second-order valence-corrected chi connectivity index (χ2v) is 4.83. The highest BCUT2D eigenvalue weighted by molar-refractivity contribution is 5.76. The third-order valence-electron chi connectivity index (χ3n) is 3.16. The lowest BCUT2D eigenvalue weighted by molar-refractivity contribution is -0.138. The van der Waals surface area contributed by atoms with Crippen molar-refractivity contribution < 1.29 is 24.5 Å². The second-order valence-electron chi connectivity index (χ2n) is 4.83. The summed E-state index contributed by atoms with van der Waals surface area (Å²) in [4.78, 5) is 23.6. The van der Waals surface area contributed by atoms with Gasteiger partial charge in [-0.3, -0.25) is 9.59 Å². The molecule has 1 fully saturated rings. The van der Waals surface area contributed by atoms with Crippen LogP contribution in [0.4, 0.5) is 0 Å². The smallest absolute Gasteiger partial charge is 0.303 e. The van der Waals surface area contributed by atoms with E-state index in [4.69, 9.17) is 9.84 Å². The Labute approximate surface area is 107 Å². The van der Waals surface area contributed by atoms with Gasteiger partial charge in [-0.2, -0.15) is 0 Å². The number of nitrogens with zero attached hydrogens (tertiary/aromatic N) is 1. The minimum atomic E-state index is -0.895. The van der Waals surface area contributed by atoms with E-state index in [0.717, 1.165) is 0 Å². The molecule has 0 atom stereocenters. The highest BCUT2D eigenvalue weighted by Gasteiger charge is 2.32. The van der Waals surface area contributed by atoms with Gasteiger partial charge in [0.1, 0.15) is 0 Å². The highest BCUT2D eigenvalue weighted by Crippen LogP contribution is 2.21. The van der Waals surface area contributed by atoms with Crippen LogP contribution in [0.15, 0.2) is 0 Å². The Morgan fingerprint density at radius 1 is 1.28 bits per heavy atom. The van der Waals surface area contributed by atoms with E-state index in [1.165, 1.54) is 4.90 Å². The van der Waals surface area contributed by atoms with Crippen molar-refractivity contribution in [2.45, 2.75) is 37.7 Å². The van der Waals surface area contributed by atoms with Crippen molar-refractivity contribution in [2.24, 2.45) is 0 Å². The van der Waals surface area contributed by atoms with Crippen LogP contribution in [0.3, 0.4) is 0 Å². The van der Waals surface area contributed by atoms with Crippen LogP contribution in [0.25, 0.3) is 0 Å². The largest absolute Gasteiger partial charge is 0.481 e. The van der Waals surface area contributed by atoms with Gasteiger partial charge in [-0.15, -0.1) is 0 Å². The predicted molar refractivity (Wildman–Crippen MR) is 64.1 cm³/mol. The van der Waals surface area contributed by atoms with Crippen molar-refractivity contribution in [3.8, 4) is 0 Å². The highest BCUT2D eigenvalue weighted by atomic mass is 16.5. The van der Waals surface area contributed by atoms with Gasteiger partial charge in [0.05, 0.1) is 5.60 Å². The Balaban J connectivity index is 2.32. The lowest BCUT2D eigenvalue weighted by Gasteiger charge is -2.35. The molecule has 0 aromatic heterocycles. The summed E-state index contributed by atoms with van der Waals surface area (Å²) in [6.07, 6.45) is 1.59. The van der Waals surface area contributed by atoms with Crippen LogP contribution in [-0.4, -0.2) is 59.4 Å². The van der Waals surface area contributed by atoms with Gasteiger partial charge in [-0.1, -0.05) is 0 Å². The normalized spacial score (nSPS) is 18.3. The Hall–Kier alpha value is -1.14. The monoisotopic (exact) mass is 259 g/mol. The van der Waals surface area contributed by atoms with Crippen molar-refractivity contribution in [1.29, 1.82) is 0 Å². The number of carbonyl (C=O) groups excluding carboxylic acids is 1. The zero-order valence-corrected chi connectivity index (χ0v) is 10.7. The van der Waals surface area contributed by atoms with Crippen LogP contribution < -0.4 is 0 Å².